The van der Waals surface area contributed by atoms with Crippen molar-refractivity contribution >= 4 is 23.2 Å². The number of hydrogen-bond acceptors (Lipinski definition) is 3. The predicted octanol–water partition coefficient (Wildman–Crippen LogP) is 2.35. The van der Waals surface area contributed by atoms with Crippen LogP contribution in [0.4, 0.5) is 18.9 Å². The van der Waals surface area contributed by atoms with Crippen LogP contribution in [0.2, 0.25) is 0 Å². The second kappa shape index (κ2) is 4.24. The SMILES string of the molecule is CN(C(=O)CCl)c1ccc2c(c1F)OC(F)(F)O2. The van der Waals surface area contributed by atoms with Gasteiger partial charge in [-0.3, -0.25) is 4.79 Å². The molecule has 0 spiro atoms. The summed E-state index contributed by atoms with van der Waals surface area (Å²) in [5, 5.41) is 0. The largest absolute Gasteiger partial charge is 0.586 e. The molecule has 0 aromatic heterocycles. The number of fused-ring (bicyclic) bond motifs is 1. The van der Waals surface area contributed by atoms with E-state index in [4.69, 9.17) is 11.6 Å². The van der Waals surface area contributed by atoms with E-state index in [1.165, 1.54) is 7.05 Å². The average Bonchev–Trinajstić information content (AvgIpc) is 2.63. The van der Waals surface area contributed by atoms with Crippen molar-refractivity contribution in [2.45, 2.75) is 6.29 Å². The summed E-state index contributed by atoms with van der Waals surface area (Å²) < 4.78 is 47.5. The van der Waals surface area contributed by atoms with Gasteiger partial charge >= 0.3 is 6.29 Å². The molecular weight excluding hydrogens is 275 g/mol. The maximum Gasteiger partial charge on any atom is 0.586 e. The normalized spacial score (nSPS) is 15.6. The van der Waals surface area contributed by atoms with Gasteiger partial charge in [0.05, 0.1) is 5.69 Å². The molecule has 1 heterocycles. The summed E-state index contributed by atoms with van der Waals surface area (Å²) in [6, 6.07) is 2.22. The molecule has 1 aromatic rings. The van der Waals surface area contributed by atoms with Crippen LogP contribution in [0, 0.1) is 5.82 Å². The van der Waals surface area contributed by atoms with Crippen LogP contribution in [0.25, 0.3) is 0 Å². The van der Waals surface area contributed by atoms with E-state index in [0.29, 0.717) is 0 Å². The van der Waals surface area contributed by atoms with Gasteiger partial charge in [-0.25, -0.2) is 4.39 Å². The second-order valence-corrected chi connectivity index (χ2v) is 3.75. The van der Waals surface area contributed by atoms with Crippen molar-refractivity contribution in [1.29, 1.82) is 0 Å². The minimum Gasteiger partial charge on any atom is -0.395 e. The Morgan fingerprint density at radius 3 is 2.72 bits per heavy atom. The number of benzene rings is 1. The van der Waals surface area contributed by atoms with Crippen LogP contribution >= 0.6 is 11.6 Å². The predicted molar refractivity (Wildman–Crippen MR) is 56.7 cm³/mol. The van der Waals surface area contributed by atoms with Gasteiger partial charge in [-0.1, -0.05) is 0 Å². The minimum absolute atomic E-state index is 0.222. The van der Waals surface area contributed by atoms with E-state index < -0.39 is 29.5 Å². The Labute approximate surface area is 105 Å². The zero-order valence-corrected chi connectivity index (χ0v) is 9.80. The van der Waals surface area contributed by atoms with Crippen molar-refractivity contribution in [3.8, 4) is 11.5 Å². The quantitative estimate of drug-likeness (QED) is 0.781. The fourth-order valence-electron chi connectivity index (χ4n) is 1.45. The number of ether oxygens (including phenoxy) is 2. The van der Waals surface area contributed by atoms with Crippen LogP contribution in [-0.4, -0.2) is 25.1 Å². The van der Waals surface area contributed by atoms with Crippen LogP contribution in [0.3, 0.4) is 0 Å². The molecule has 8 heteroatoms. The number of rotatable bonds is 2. The maximum absolute atomic E-state index is 13.9. The summed E-state index contributed by atoms with van der Waals surface area (Å²) in [4.78, 5) is 12.2. The molecule has 2 rings (SSSR count). The number of nitrogens with zero attached hydrogens (tertiary/aromatic N) is 1. The van der Waals surface area contributed by atoms with Crippen LogP contribution in [0.5, 0.6) is 11.5 Å². The Hall–Kier alpha value is -1.63. The first-order valence-corrected chi connectivity index (χ1v) is 5.30. The highest BCUT2D eigenvalue weighted by molar-refractivity contribution is 6.29. The Morgan fingerprint density at radius 2 is 2.11 bits per heavy atom. The van der Waals surface area contributed by atoms with E-state index in [1.54, 1.807) is 0 Å². The first-order chi connectivity index (χ1) is 8.35. The molecule has 0 fully saturated rings. The van der Waals surface area contributed by atoms with E-state index >= 15 is 0 Å². The topological polar surface area (TPSA) is 38.8 Å². The smallest absolute Gasteiger partial charge is 0.395 e. The molecule has 1 amide bonds. The number of hydrogen-bond donors (Lipinski definition) is 0. The fourth-order valence-corrected chi connectivity index (χ4v) is 1.63. The van der Waals surface area contributed by atoms with Gasteiger partial charge in [0.15, 0.2) is 11.6 Å². The molecule has 18 heavy (non-hydrogen) atoms. The molecule has 0 atom stereocenters. The number of alkyl halides is 3. The molecule has 0 unspecified atom stereocenters. The molecular formula is C10H7ClF3NO3. The molecule has 0 saturated carbocycles. The van der Waals surface area contributed by atoms with Gasteiger partial charge in [0, 0.05) is 7.05 Å². The number of halogens is 4. The third-order valence-electron chi connectivity index (χ3n) is 2.34. The monoisotopic (exact) mass is 281 g/mol. The van der Waals surface area contributed by atoms with E-state index in [2.05, 4.69) is 9.47 Å². The van der Waals surface area contributed by atoms with Crippen molar-refractivity contribution < 1.29 is 27.4 Å². The summed E-state index contributed by atoms with van der Waals surface area (Å²) >= 11 is 5.32. The lowest BCUT2D eigenvalue weighted by molar-refractivity contribution is -0.287. The zero-order valence-electron chi connectivity index (χ0n) is 9.05. The molecule has 98 valence electrons. The molecule has 4 nitrogen and oxygen atoms in total. The summed E-state index contributed by atoms with van der Waals surface area (Å²) in [5.41, 5.74) is -0.222. The summed E-state index contributed by atoms with van der Waals surface area (Å²) in [6.45, 7) is 0. The summed E-state index contributed by atoms with van der Waals surface area (Å²) in [6.07, 6.45) is -3.91. The number of carbonyl (C=O) groups excluding carboxylic acids is 1. The molecule has 1 aromatic carbocycles. The molecule has 1 aliphatic heterocycles. The fraction of sp³-hybridized carbons (Fsp3) is 0.300. The van der Waals surface area contributed by atoms with Gasteiger partial charge in [0.1, 0.15) is 5.88 Å². The third kappa shape index (κ3) is 2.05. The van der Waals surface area contributed by atoms with Crippen LogP contribution < -0.4 is 14.4 Å². The molecule has 1 aliphatic rings. The number of amides is 1. The van der Waals surface area contributed by atoms with Crippen LogP contribution in [0.1, 0.15) is 0 Å². The lowest BCUT2D eigenvalue weighted by atomic mass is 10.2. The lowest BCUT2D eigenvalue weighted by Gasteiger charge is -2.17. The molecule has 0 radical (unpaired) electrons. The third-order valence-corrected chi connectivity index (χ3v) is 2.57. The van der Waals surface area contributed by atoms with E-state index in [1.807, 2.05) is 0 Å². The van der Waals surface area contributed by atoms with Gasteiger partial charge in [-0.2, -0.15) is 0 Å². The van der Waals surface area contributed by atoms with E-state index in [9.17, 15) is 18.0 Å². The van der Waals surface area contributed by atoms with Gasteiger partial charge in [-0.15, -0.1) is 20.4 Å². The number of anilines is 1. The Balaban J connectivity index is 2.41. The zero-order chi connectivity index (χ0) is 13.5. The van der Waals surface area contributed by atoms with Crippen LogP contribution in [0.15, 0.2) is 12.1 Å². The van der Waals surface area contributed by atoms with Gasteiger partial charge in [0.2, 0.25) is 11.7 Å². The minimum atomic E-state index is -3.91. The first-order valence-electron chi connectivity index (χ1n) is 4.76. The highest BCUT2D eigenvalue weighted by atomic mass is 35.5. The first kappa shape index (κ1) is 12.8. The molecule has 0 N–H and O–H groups in total. The van der Waals surface area contributed by atoms with E-state index in [0.717, 1.165) is 17.0 Å². The lowest BCUT2D eigenvalue weighted by Crippen LogP contribution is -2.28. The van der Waals surface area contributed by atoms with Gasteiger partial charge < -0.3 is 14.4 Å². The summed E-state index contributed by atoms with van der Waals surface area (Å²) in [5.74, 6) is -3.20. The highest BCUT2D eigenvalue weighted by Crippen LogP contribution is 2.45. The van der Waals surface area contributed by atoms with Crippen molar-refractivity contribution in [2.24, 2.45) is 0 Å². The average molecular weight is 282 g/mol. The highest BCUT2D eigenvalue weighted by Gasteiger charge is 2.45. The Bertz CT molecular complexity index is 509. The second-order valence-electron chi connectivity index (χ2n) is 3.48. The van der Waals surface area contributed by atoms with Gasteiger partial charge in [0.25, 0.3) is 0 Å². The standard InChI is InChI=1S/C10H7ClF3NO3/c1-15(7(16)4-11)5-2-3-6-9(8(5)12)18-10(13,14)17-6/h2-3H,4H2,1H3. The molecule has 0 saturated heterocycles. The van der Waals surface area contributed by atoms with Crippen molar-refractivity contribution in [2.75, 3.05) is 17.8 Å². The van der Waals surface area contributed by atoms with Crippen LogP contribution in [-0.2, 0) is 4.79 Å². The van der Waals surface area contributed by atoms with Gasteiger partial charge in [-0.05, 0) is 12.1 Å². The molecule has 0 aliphatic carbocycles. The Kier molecular flexibility index (Phi) is 3.02. The maximum atomic E-state index is 13.9. The van der Waals surface area contributed by atoms with E-state index in [-0.39, 0.29) is 11.6 Å². The Morgan fingerprint density at radius 1 is 1.44 bits per heavy atom. The van der Waals surface area contributed by atoms with Crippen molar-refractivity contribution in [3.05, 3.63) is 17.9 Å². The molecule has 0 bridgehead atoms. The summed E-state index contributed by atoms with van der Waals surface area (Å²) in [7, 11) is 1.27. The van der Waals surface area contributed by atoms with Crippen molar-refractivity contribution in [1.82, 2.24) is 0 Å². The van der Waals surface area contributed by atoms with Crippen molar-refractivity contribution in [3.63, 3.8) is 0 Å². The number of carbonyl (C=O) groups is 1.